The van der Waals surface area contributed by atoms with Gasteiger partial charge in [-0.25, -0.2) is 9.37 Å². The fourth-order valence-corrected chi connectivity index (χ4v) is 1.42. The first-order valence-corrected chi connectivity index (χ1v) is 5.32. The average Bonchev–Trinajstić information content (AvgIpc) is 2.33. The summed E-state index contributed by atoms with van der Waals surface area (Å²) in [5.74, 6) is -3.12. The Hall–Kier alpha value is -1.56. The van der Waals surface area contributed by atoms with Gasteiger partial charge >= 0.3 is 0 Å². The third-order valence-corrected chi connectivity index (χ3v) is 2.33. The zero-order valence-electron chi connectivity index (χ0n) is 9.49. The Balaban J connectivity index is 2.90. The molecule has 1 N–H and O–H groups in total. The maximum absolute atomic E-state index is 13.3. The summed E-state index contributed by atoms with van der Waals surface area (Å²) in [5, 5.41) is 8.68. The minimum absolute atomic E-state index is 0.0586. The zero-order chi connectivity index (χ0) is 12.8. The van der Waals surface area contributed by atoms with Crippen molar-refractivity contribution in [3.8, 4) is 0 Å². The van der Waals surface area contributed by atoms with Gasteiger partial charge in [-0.2, -0.15) is 4.39 Å². The lowest BCUT2D eigenvalue weighted by Gasteiger charge is -2.20. The Morgan fingerprint density at radius 2 is 2.24 bits per heavy atom. The summed E-state index contributed by atoms with van der Waals surface area (Å²) in [6.45, 7) is 2.33. The molecular formula is C11H14F2N2O2. The molecule has 0 aromatic carbocycles. The van der Waals surface area contributed by atoms with Crippen LogP contribution in [0.15, 0.2) is 12.3 Å². The second-order valence-corrected chi connectivity index (χ2v) is 3.43. The molecule has 1 heterocycles. The van der Waals surface area contributed by atoms with Crippen LogP contribution >= 0.6 is 0 Å². The SMILES string of the molecule is CCN(CCCO)C(=O)c1ccnc(F)c1F. The van der Waals surface area contributed by atoms with Crippen molar-refractivity contribution in [1.82, 2.24) is 9.88 Å². The number of pyridine rings is 1. The first kappa shape index (κ1) is 13.5. The molecule has 4 nitrogen and oxygen atoms in total. The molecule has 0 saturated carbocycles. The summed E-state index contributed by atoms with van der Waals surface area (Å²) in [6.07, 6.45) is 1.44. The largest absolute Gasteiger partial charge is 0.396 e. The molecule has 17 heavy (non-hydrogen) atoms. The van der Waals surface area contributed by atoms with Gasteiger partial charge in [0.05, 0.1) is 5.56 Å². The molecule has 0 aliphatic heterocycles. The predicted molar refractivity (Wildman–Crippen MR) is 57.4 cm³/mol. The van der Waals surface area contributed by atoms with E-state index in [2.05, 4.69) is 4.98 Å². The van der Waals surface area contributed by atoms with E-state index in [9.17, 15) is 13.6 Å². The van der Waals surface area contributed by atoms with Crippen molar-refractivity contribution in [1.29, 1.82) is 0 Å². The van der Waals surface area contributed by atoms with Crippen LogP contribution in [0.4, 0.5) is 8.78 Å². The molecule has 6 heteroatoms. The van der Waals surface area contributed by atoms with E-state index in [1.807, 2.05) is 0 Å². The molecule has 0 unspecified atom stereocenters. The van der Waals surface area contributed by atoms with Gasteiger partial charge < -0.3 is 10.0 Å². The van der Waals surface area contributed by atoms with Gasteiger partial charge in [-0.1, -0.05) is 0 Å². The summed E-state index contributed by atoms with van der Waals surface area (Å²) in [5.41, 5.74) is -0.336. The summed E-state index contributed by atoms with van der Waals surface area (Å²) < 4.78 is 26.2. The average molecular weight is 244 g/mol. The van der Waals surface area contributed by atoms with E-state index in [4.69, 9.17) is 5.11 Å². The highest BCUT2D eigenvalue weighted by molar-refractivity contribution is 5.94. The Labute approximate surface area is 97.9 Å². The summed E-state index contributed by atoms with van der Waals surface area (Å²) in [7, 11) is 0. The van der Waals surface area contributed by atoms with Gasteiger partial charge in [0.15, 0.2) is 5.82 Å². The number of aliphatic hydroxyl groups is 1. The second kappa shape index (κ2) is 6.24. The first-order valence-electron chi connectivity index (χ1n) is 5.32. The predicted octanol–water partition coefficient (Wildman–Crippen LogP) is 1.20. The highest BCUT2D eigenvalue weighted by Crippen LogP contribution is 2.12. The molecule has 0 bridgehead atoms. The number of rotatable bonds is 5. The van der Waals surface area contributed by atoms with E-state index in [1.54, 1.807) is 6.92 Å². The van der Waals surface area contributed by atoms with Gasteiger partial charge in [0.2, 0.25) is 5.95 Å². The van der Waals surface area contributed by atoms with Crippen molar-refractivity contribution >= 4 is 5.91 Å². The van der Waals surface area contributed by atoms with Crippen LogP contribution in [0, 0.1) is 11.8 Å². The van der Waals surface area contributed by atoms with Crippen molar-refractivity contribution in [3.63, 3.8) is 0 Å². The standard InChI is InChI=1S/C11H14F2N2O2/c1-2-15(6-3-7-16)11(17)8-4-5-14-10(13)9(8)12/h4-5,16H,2-3,6-7H2,1H3. The third-order valence-electron chi connectivity index (χ3n) is 2.33. The third kappa shape index (κ3) is 3.20. The van der Waals surface area contributed by atoms with E-state index >= 15 is 0 Å². The first-order chi connectivity index (χ1) is 8.11. The van der Waals surface area contributed by atoms with Crippen molar-refractivity contribution < 1.29 is 18.7 Å². The number of hydrogen-bond donors (Lipinski definition) is 1. The number of amides is 1. The molecule has 0 radical (unpaired) electrons. The quantitative estimate of drug-likeness (QED) is 0.792. The van der Waals surface area contributed by atoms with Gasteiger partial charge in [-0.05, 0) is 19.4 Å². The van der Waals surface area contributed by atoms with E-state index in [-0.39, 0.29) is 12.2 Å². The Morgan fingerprint density at radius 3 is 2.82 bits per heavy atom. The number of halogens is 2. The van der Waals surface area contributed by atoms with Crippen LogP contribution < -0.4 is 0 Å². The van der Waals surface area contributed by atoms with Crippen LogP contribution in [0.3, 0.4) is 0 Å². The molecule has 0 aliphatic rings. The Morgan fingerprint density at radius 1 is 1.53 bits per heavy atom. The number of aromatic nitrogens is 1. The van der Waals surface area contributed by atoms with Gasteiger partial charge in [-0.3, -0.25) is 4.79 Å². The van der Waals surface area contributed by atoms with Crippen molar-refractivity contribution in [2.45, 2.75) is 13.3 Å². The molecule has 0 fully saturated rings. The summed E-state index contributed by atoms with van der Waals surface area (Å²) >= 11 is 0. The fourth-order valence-electron chi connectivity index (χ4n) is 1.42. The normalized spacial score (nSPS) is 10.4. The Kier molecular flexibility index (Phi) is 4.96. The van der Waals surface area contributed by atoms with Gasteiger partial charge in [-0.15, -0.1) is 0 Å². The molecule has 0 saturated heterocycles. The molecular weight excluding hydrogens is 230 g/mol. The van der Waals surface area contributed by atoms with Gasteiger partial charge in [0, 0.05) is 25.9 Å². The molecule has 1 aromatic heterocycles. The fraction of sp³-hybridized carbons (Fsp3) is 0.455. The molecule has 94 valence electrons. The lowest BCUT2D eigenvalue weighted by molar-refractivity contribution is 0.0748. The topological polar surface area (TPSA) is 53.4 Å². The molecule has 0 aliphatic carbocycles. The minimum Gasteiger partial charge on any atom is -0.396 e. The van der Waals surface area contributed by atoms with Gasteiger partial charge in [0.25, 0.3) is 5.91 Å². The van der Waals surface area contributed by atoms with Crippen molar-refractivity contribution in [3.05, 3.63) is 29.6 Å². The minimum atomic E-state index is -1.28. The van der Waals surface area contributed by atoms with Crippen LogP contribution in [0.5, 0.6) is 0 Å². The lowest BCUT2D eigenvalue weighted by atomic mass is 10.2. The number of carbonyl (C=O) groups is 1. The van der Waals surface area contributed by atoms with Crippen molar-refractivity contribution in [2.75, 3.05) is 19.7 Å². The van der Waals surface area contributed by atoms with Crippen LogP contribution in [0.25, 0.3) is 0 Å². The van der Waals surface area contributed by atoms with E-state index in [0.717, 1.165) is 12.3 Å². The molecule has 1 amide bonds. The molecule has 1 aromatic rings. The monoisotopic (exact) mass is 244 g/mol. The van der Waals surface area contributed by atoms with E-state index in [0.29, 0.717) is 19.5 Å². The maximum atomic E-state index is 13.3. The zero-order valence-corrected chi connectivity index (χ0v) is 9.49. The smallest absolute Gasteiger partial charge is 0.257 e. The maximum Gasteiger partial charge on any atom is 0.257 e. The highest BCUT2D eigenvalue weighted by atomic mass is 19.2. The number of nitrogens with zero attached hydrogens (tertiary/aromatic N) is 2. The molecule has 1 rings (SSSR count). The van der Waals surface area contributed by atoms with Crippen LogP contribution in [-0.4, -0.2) is 40.6 Å². The summed E-state index contributed by atoms with van der Waals surface area (Å²) in [4.78, 5) is 16.3. The van der Waals surface area contributed by atoms with Crippen LogP contribution in [-0.2, 0) is 0 Å². The van der Waals surface area contributed by atoms with Crippen LogP contribution in [0.1, 0.15) is 23.7 Å². The second-order valence-electron chi connectivity index (χ2n) is 3.43. The van der Waals surface area contributed by atoms with Crippen LogP contribution in [0.2, 0.25) is 0 Å². The lowest BCUT2D eigenvalue weighted by Crippen LogP contribution is -2.33. The molecule has 0 spiro atoms. The molecule has 0 atom stereocenters. The highest BCUT2D eigenvalue weighted by Gasteiger charge is 2.20. The van der Waals surface area contributed by atoms with Gasteiger partial charge in [0.1, 0.15) is 0 Å². The number of hydrogen-bond acceptors (Lipinski definition) is 3. The number of carbonyl (C=O) groups excluding carboxylic acids is 1. The number of aliphatic hydroxyl groups excluding tert-OH is 1. The summed E-state index contributed by atoms with van der Waals surface area (Å²) in [6, 6.07) is 1.14. The van der Waals surface area contributed by atoms with E-state index < -0.39 is 17.7 Å². The van der Waals surface area contributed by atoms with E-state index in [1.165, 1.54) is 4.90 Å². The Bertz CT molecular complexity index is 399. The van der Waals surface area contributed by atoms with Crippen molar-refractivity contribution in [2.24, 2.45) is 0 Å².